The second-order valence-corrected chi connectivity index (χ2v) is 6.56. The zero-order valence-electron chi connectivity index (χ0n) is 15.1. The van der Waals surface area contributed by atoms with Crippen LogP contribution >= 0.6 is 0 Å². The number of cyclic esters (lactones) is 1. The van der Waals surface area contributed by atoms with Gasteiger partial charge in [-0.15, -0.1) is 0 Å². The van der Waals surface area contributed by atoms with Crippen molar-refractivity contribution in [1.29, 1.82) is 0 Å². The molecule has 0 aromatic heterocycles. The summed E-state index contributed by atoms with van der Waals surface area (Å²) in [5, 5.41) is 1.19. The highest BCUT2D eigenvalue weighted by atomic mass is 19.1. The van der Waals surface area contributed by atoms with Crippen molar-refractivity contribution in [2.75, 3.05) is 42.6 Å². The minimum absolute atomic E-state index is 0.0365. The molecule has 9 heteroatoms. The summed E-state index contributed by atoms with van der Waals surface area (Å²) >= 11 is 0. The summed E-state index contributed by atoms with van der Waals surface area (Å²) in [5.74, 6) is -0.429. The number of hydrogen-bond donors (Lipinski definition) is 0. The molecule has 2 heterocycles. The lowest BCUT2D eigenvalue weighted by Gasteiger charge is -2.23. The largest absolute Gasteiger partial charge is 0.444 e. The first-order valence-electron chi connectivity index (χ1n) is 8.85. The Morgan fingerprint density at radius 3 is 2.85 bits per heavy atom. The zero-order chi connectivity index (χ0) is 19.4. The Morgan fingerprint density at radius 2 is 2.15 bits per heavy atom. The van der Waals surface area contributed by atoms with Gasteiger partial charge in [0.15, 0.2) is 0 Å². The number of hydrogen-bond acceptors (Lipinski definition) is 6. The Balaban J connectivity index is 1.68. The van der Waals surface area contributed by atoms with Gasteiger partial charge in [0.25, 0.3) is 0 Å². The first kappa shape index (κ1) is 19.1. The van der Waals surface area contributed by atoms with E-state index in [-0.39, 0.29) is 25.0 Å². The molecule has 0 unspecified atom stereocenters. The number of carbonyl (C=O) groups is 3. The quantitative estimate of drug-likeness (QED) is 0.701. The molecule has 146 valence electrons. The number of hydroxylamine groups is 2. The number of carbonyl (C=O) groups excluding carboxylic acids is 3. The summed E-state index contributed by atoms with van der Waals surface area (Å²) in [7, 11) is 0. The molecule has 0 bridgehead atoms. The summed E-state index contributed by atoms with van der Waals surface area (Å²) in [4.78, 5) is 42.3. The second kappa shape index (κ2) is 8.34. The van der Waals surface area contributed by atoms with Gasteiger partial charge < -0.3 is 14.4 Å². The standard InChI is InChI=1S/C18H22FN3O5/c1-13(24)2-4-15-11-22(18(25)27-15)14-3-5-17(16(19)10-14)20-6-7-21(12-23)26-9-8-20/h3,5,10,12,15H,2,4,6-9,11H2,1H3/t15-/m0/s1. The third kappa shape index (κ3) is 4.54. The molecule has 0 N–H and O–H groups in total. The smallest absolute Gasteiger partial charge is 0.414 e. The predicted molar refractivity (Wildman–Crippen MR) is 94.9 cm³/mol. The molecular formula is C18H22FN3O5. The summed E-state index contributed by atoms with van der Waals surface area (Å²) in [6.45, 7) is 3.27. The van der Waals surface area contributed by atoms with E-state index in [0.717, 1.165) is 0 Å². The topological polar surface area (TPSA) is 79.4 Å². The molecule has 27 heavy (non-hydrogen) atoms. The summed E-state index contributed by atoms with van der Waals surface area (Å²) in [6.07, 6.45) is 0.485. The minimum Gasteiger partial charge on any atom is -0.444 e. The van der Waals surface area contributed by atoms with Crippen molar-refractivity contribution >= 4 is 29.7 Å². The van der Waals surface area contributed by atoms with Crippen LogP contribution in [0.4, 0.5) is 20.6 Å². The number of ether oxygens (including phenoxy) is 1. The highest BCUT2D eigenvalue weighted by Crippen LogP contribution is 2.29. The molecule has 0 aliphatic carbocycles. The van der Waals surface area contributed by atoms with Crippen LogP contribution in [0.1, 0.15) is 19.8 Å². The maximum absolute atomic E-state index is 14.7. The number of Topliss-reactive ketones (excluding diaryl/α,β-unsaturated/α-hetero) is 1. The molecule has 1 aromatic carbocycles. The van der Waals surface area contributed by atoms with E-state index >= 15 is 0 Å². The summed E-state index contributed by atoms with van der Waals surface area (Å²) < 4.78 is 19.9. The lowest BCUT2D eigenvalue weighted by molar-refractivity contribution is -0.166. The second-order valence-electron chi connectivity index (χ2n) is 6.56. The van der Waals surface area contributed by atoms with Crippen molar-refractivity contribution in [2.24, 2.45) is 0 Å². The highest BCUT2D eigenvalue weighted by molar-refractivity contribution is 5.90. The molecule has 1 atom stereocenters. The van der Waals surface area contributed by atoms with Crippen LogP contribution in [0, 0.1) is 5.82 Å². The van der Waals surface area contributed by atoms with Gasteiger partial charge in [-0.25, -0.2) is 14.2 Å². The monoisotopic (exact) mass is 379 g/mol. The fourth-order valence-corrected chi connectivity index (χ4v) is 3.16. The van der Waals surface area contributed by atoms with Crippen molar-refractivity contribution in [3.05, 3.63) is 24.0 Å². The number of rotatable bonds is 6. The van der Waals surface area contributed by atoms with Crippen molar-refractivity contribution in [2.45, 2.75) is 25.9 Å². The molecule has 2 fully saturated rings. The Morgan fingerprint density at radius 1 is 1.33 bits per heavy atom. The van der Waals surface area contributed by atoms with E-state index in [0.29, 0.717) is 50.3 Å². The highest BCUT2D eigenvalue weighted by Gasteiger charge is 2.32. The third-order valence-electron chi connectivity index (χ3n) is 4.60. The number of anilines is 2. The first-order valence-corrected chi connectivity index (χ1v) is 8.85. The fraction of sp³-hybridized carbons (Fsp3) is 0.500. The first-order chi connectivity index (χ1) is 13.0. The van der Waals surface area contributed by atoms with E-state index in [4.69, 9.17) is 9.57 Å². The van der Waals surface area contributed by atoms with Crippen molar-refractivity contribution in [1.82, 2.24) is 5.06 Å². The molecule has 8 nitrogen and oxygen atoms in total. The SMILES string of the molecule is CC(=O)CC[C@H]1CN(c2ccc(N3CCON(C=O)CC3)c(F)c2)C(=O)O1. The number of amides is 2. The lowest BCUT2D eigenvalue weighted by Crippen LogP contribution is -2.30. The van der Waals surface area contributed by atoms with Gasteiger partial charge in [-0.05, 0) is 31.5 Å². The lowest BCUT2D eigenvalue weighted by atomic mass is 10.1. The van der Waals surface area contributed by atoms with Crippen LogP contribution in [0.25, 0.3) is 0 Å². The van der Waals surface area contributed by atoms with E-state index in [1.165, 1.54) is 23.0 Å². The Bertz CT molecular complexity index is 729. The molecule has 3 rings (SSSR count). The van der Waals surface area contributed by atoms with Crippen LogP contribution in [-0.2, 0) is 19.2 Å². The maximum atomic E-state index is 14.7. The van der Waals surface area contributed by atoms with E-state index in [1.54, 1.807) is 17.0 Å². The van der Waals surface area contributed by atoms with Crippen LogP contribution in [0.15, 0.2) is 18.2 Å². The van der Waals surface area contributed by atoms with E-state index in [9.17, 15) is 18.8 Å². The Kier molecular flexibility index (Phi) is 5.90. The Labute approximate surface area is 156 Å². The van der Waals surface area contributed by atoms with Crippen LogP contribution in [0.2, 0.25) is 0 Å². The third-order valence-corrected chi connectivity index (χ3v) is 4.60. The zero-order valence-corrected chi connectivity index (χ0v) is 15.1. The summed E-state index contributed by atoms with van der Waals surface area (Å²) in [6, 6.07) is 4.57. The molecule has 0 saturated carbocycles. The molecule has 2 saturated heterocycles. The van der Waals surface area contributed by atoms with Crippen LogP contribution < -0.4 is 9.80 Å². The van der Waals surface area contributed by atoms with Crippen molar-refractivity contribution < 1.29 is 28.3 Å². The average molecular weight is 379 g/mol. The van der Waals surface area contributed by atoms with Gasteiger partial charge in [0.1, 0.15) is 17.7 Å². The van der Waals surface area contributed by atoms with E-state index in [1.807, 2.05) is 0 Å². The maximum Gasteiger partial charge on any atom is 0.414 e. The molecule has 2 aliphatic rings. The molecule has 0 radical (unpaired) electrons. The molecular weight excluding hydrogens is 357 g/mol. The van der Waals surface area contributed by atoms with E-state index < -0.39 is 11.9 Å². The van der Waals surface area contributed by atoms with Gasteiger partial charge in [0.2, 0.25) is 6.41 Å². The van der Waals surface area contributed by atoms with Gasteiger partial charge in [-0.3, -0.25) is 14.5 Å². The molecule has 1 aromatic rings. The van der Waals surface area contributed by atoms with Gasteiger partial charge in [-0.2, -0.15) is 0 Å². The Hall–Kier alpha value is -2.68. The van der Waals surface area contributed by atoms with Crippen molar-refractivity contribution in [3.8, 4) is 0 Å². The number of ketones is 1. The van der Waals surface area contributed by atoms with E-state index in [2.05, 4.69) is 0 Å². The fourth-order valence-electron chi connectivity index (χ4n) is 3.16. The van der Waals surface area contributed by atoms with Crippen molar-refractivity contribution in [3.63, 3.8) is 0 Å². The average Bonchev–Trinajstić information content (AvgIpc) is 2.86. The molecule has 2 amide bonds. The van der Waals surface area contributed by atoms with Crippen LogP contribution in [0.3, 0.4) is 0 Å². The number of benzene rings is 1. The molecule has 2 aliphatic heterocycles. The van der Waals surface area contributed by atoms with Crippen LogP contribution in [-0.4, -0.2) is 62.2 Å². The predicted octanol–water partition coefficient (Wildman–Crippen LogP) is 1.73. The van der Waals surface area contributed by atoms with Gasteiger partial charge in [-0.1, -0.05) is 0 Å². The number of halogens is 1. The number of nitrogens with zero attached hydrogens (tertiary/aromatic N) is 3. The van der Waals surface area contributed by atoms with Gasteiger partial charge in [0.05, 0.1) is 31.1 Å². The normalized spacial score (nSPS) is 20.4. The van der Waals surface area contributed by atoms with Gasteiger partial charge in [0, 0.05) is 19.5 Å². The molecule has 0 spiro atoms. The van der Waals surface area contributed by atoms with Gasteiger partial charge >= 0.3 is 6.09 Å². The summed E-state index contributed by atoms with van der Waals surface area (Å²) in [5.41, 5.74) is 0.794. The van der Waals surface area contributed by atoms with Crippen LogP contribution in [0.5, 0.6) is 0 Å². The minimum atomic E-state index is -0.541.